The number of anilines is 1. The second kappa shape index (κ2) is 8.88. The number of para-hydroxylation sites is 1. The van der Waals surface area contributed by atoms with E-state index in [1.807, 2.05) is 30.3 Å². The van der Waals surface area contributed by atoms with Crippen molar-refractivity contribution in [1.82, 2.24) is 4.90 Å². The van der Waals surface area contributed by atoms with Gasteiger partial charge in [0.2, 0.25) is 0 Å². The molecule has 142 valence electrons. The van der Waals surface area contributed by atoms with Crippen LogP contribution in [0.2, 0.25) is 5.02 Å². The molecule has 1 aliphatic heterocycles. The van der Waals surface area contributed by atoms with E-state index in [0.717, 1.165) is 11.3 Å². The summed E-state index contributed by atoms with van der Waals surface area (Å²) in [7, 11) is 1.32. The maximum Gasteiger partial charge on any atom is 0.337 e. The summed E-state index contributed by atoms with van der Waals surface area (Å²) in [6.45, 7) is 2.46. The van der Waals surface area contributed by atoms with E-state index in [-0.39, 0.29) is 6.03 Å². The molecule has 0 bridgehead atoms. The highest BCUT2D eigenvalue weighted by Gasteiger charge is 2.25. The third-order valence-corrected chi connectivity index (χ3v) is 4.73. The van der Waals surface area contributed by atoms with Gasteiger partial charge in [-0.05, 0) is 29.8 Å². The fourth-order valence-corrected chi connectivity index (χ4v) is 3.13. The Bertz CT molecular complexity index is 807. The number of amides is 2. The number of rotatable bonds is 4. The Kier molecular flexibility index (Phi) is 6.32. The van der Waals surface area contributed by atoms with Crippen LogP contribution in [-0.2, 0) is 16.0 Å². The Morgan fingerprint density at radius 3 is 2.48 bits per heavy atom. The number of urea groups is 1. The summed E-state index contributed by atoms with van der Waals surface area (Å²) in [5.74, 6) is -0.451. The molecule has 0 aliphatic carbocycles. The molecule has 7 heteroatoms. The van der Waals surface area contributed by atoms with Crippen molar-refractivity contribution >= 4 is 29.3 Å². The molecule has 0 saturated carbocycles. The van der Waals surface area contributed by atoms with E-state index in [4.69, 9.17) is 21.1 Å². The number of hydrogen-bond donors (Lipinski definition) is 0. The molecule has 27 heavy (non-hydrogen) atoms. The van der Waals surface area contributed by atoms with E-state index in [0.29, 0.717) is 43.4 Å². The molecule has 2 aromatic carbocycles. The molecule has 0 aromatic heterocycles. The predicted molar refractivity (Wildman–Crippen MR) is 103 cm³/mol. The SMILES string of the molecule is COC(=O)c1ccc(CN(C(=O)N2CCOCC2)c2ccccc2)c(Cl)c1. The van der Waals surface area contributed by atoms with Gasteiger partial charge in [-0.3, -0.25) is 4.90 Å². The largest absolute Gasteiger partial charge is 0.465 e. The van der Waals surface area contributed by atoms with Crippen LogP contribution in [0.1, 0.15) is 15.9 Å². The zero-order chi connectivity index (χ0) is 19.2. The molecule has 0 atom stereocenters. The zero-order valence-electron chi connectivity index (χ0n) is 15.1. The van der Waals surface area contributed by atoms with Gasteiger partial charge in [0, 0.05) is 23.8 Å². The summed E-state index contributed by atoms with van der Waals surface area (Å²) in [6.07, 6.45) is 0. The molecule has 0 N–H and O–H groups in total. The van der Waals surface area contributed by atoms with Gasteiger partial charge >= 0.3 is 12.0 Å². The molecule has 3 rings (SSSR count). The van der Waals surface area contributed by atoms with Crippen LogP contribution >= 0.6 is 11.6 Å². The second-order valence-corrected chi connectivity index (χ2v) is 6.51. The Morgan fingerprint density at radius 1 is 1.15 bits per heavy atom. The van der Waals surface area contributed by atoms with Gasteiger partial charge in [0.05, 0.1) is 32.4 Å². The van der Waals surface area contributed by atoms with E-state index >= 15 is 0 Å². The normalized spacial score (nSPS) is 13.9. The van der Waals surface area contributed by atoms with Gasteiger partial charge in [-0.25, -0.2) is 9.59 Å². The Morgan fingerprint density at radius 2 is 1.85 bits per heavy atom. The zero-order valence-corrected chi connectivity index (χ0v) is 15.8. The molecular formula is C20H21ClN2O4. The number of carbonyl (C=O) groups is 2. The van der Waals surface area contributed by atoms with Crippen molar-refractivity contribution in [3.05, 3.63) is 64.7 Å². The summed E-state index contributed by atoms with van der Waals surface area (Å²) < 4.78 is 10.1. The molecule has 1 fully saturated rings. The highest BCUT2D eigenvalue weighted by atomic mass is 35.5. The van der Waals surface area contributed by atoms with Crippen LogP contribution in [0.5, 0.6) is 0 Å². The first-order valence-electron chi connectivity index (χ1n) is 8.66. The molecule has 2 aromatic rings. The lowest BCUT2D eigenvalue weighted by Crippen LogP contribution is -2.48. The monoisotopic (exact) mass is 388 g/mol. The van der Waals surface area contributed by atoms with Crippen LogP contribution < -0.4 is 4.90 Å². The predicted octanol–water partition coefficient (Wildman–Crippen LogP) is 3.59. The summed E-state index contributed by atoms with van der Waals surface area (Å²) in [5, 5.41) is 0.411. The number of benzene rings is 2. The van der Waals surface area contributed by atoms with Crippen molar-refractivity contribution < 1.29 is 19.1 Å². The average molecular weight is 389 g/mol. The maximum absolute atomic E-state index is 13.1. The molecule has 0 spiro atoms. The number of esters is 1. The lowest BCUT2D eigenvalue weighted by Gasteiger charge is -2.33. The van der Waals surface area contributed by atoms with Crippen molar-refractivity contribution in [3.63, 3.8) is 0 Å². The lowest BCUT2D eigenvalue weighted by molar-refractivity contribution is 0.0548. The number of carbonyl (C=O) groups excluding carboxylic acids is 2. The lowest BCUT2D eigenvalue weighted by atomic mass is 10.1. The minimum absolute atomic E-state index is 0.0994. The van der Waals surface area contributed by atoms with Crippen LogP contribution in [0.4, 0.5) is 10.5 Å². The first-order valence-corrected chi connectivity index (χ1v) is 9.04. The van der Waals surface area contributed by atoms with Gasteiger partial charge in [0.1, 0.15) is 0 Å². The van der Waals surface area contributed by atoms with Gasteiger partial charge < -0.3 is 14.4 Å². The Balaban J connectivity index is 1.87. The molecule has 0 unspecified atom stereocenters. The summed E-state index contributed by atoms with van der Waals surface area (Å²) >= 11 is 6.37. The third-order valence-electron chi connectivity index (χ3n) is 4.38. The summed E-state index contributed by atoms with van der Waals surface area (Å²) in [5.41, 5.74) is 1.90. The Labute approximate surface area is 163 Å². The minimum Gasteiger partial charge on any atom is -0.465 e. The number of methoxy groups -OCH3 is 1. The van der Waals surface area contributed by atoms with Gasteiger partial charge in [-0.1, -0.05) is 35.9 Å². The fourth-order valence-electron chi connectivity index (χ4n) is 2.89. The highest BCUT2D eigenvalue weighted by Crippen LogP contribution is 2.24. The molecule has 1 aliphatic rings. The van der Waals surface area contributed by atoms with E-state index in [2.05, 4.69) is 0 Å². The van der Waals surface area contributed by atoms with Crippen LogP contribution in [0.3, 0.4) is 0 Å². The second-order valence-electron chi connectivity index (χ2n) is 6.10. The van der Waals surface area contributed by atoms with Crippen LogP contribution in [0, 0.1) is 0 Å². The van der Waals surface area contributed by atoms with Crippen molar-refractivity contribution in [1.29, 1.82) is 0 Å². The van der Waals surface area contributed by atoms with Crippen LogP contribution in [-0.4, -0.2) is 50.3 Å². The van der Waals surface area contributed by atoms with E-state index in [9.17, 15) is 9.59 Å². The van der Waals surface area contributed by atoms with Gasteiger partial charge in [0.25, 0.3) is 0 Å². The van der Waals surface area contributed by atoms with E-state index < -0.39 is 5.97 Å². The van der Waals surface area contributed by atoms with Crippen molar-refractivity contribution in [2.24, 2.45) is 0 Å². The standard InChI is InChI=1S/C20H21ClN2O4/c1-26-19(24)15-7-8-16(18(21)13-15)14-23(17-5-3-2-4-6-17)20(25)22-9-11-27-12-10-22/h2-8,13H,9-12,14H2,1H3. The number of hydrogen-bond acceptors (Lipinski definition) is 4. The Hall–Kier alpha value is -2.57. The average Bonchev–Trinajstić information content (AvgIpc) is 2.73. The van der Waals surface area contributed by atoms with E-state index in [1.54, 1.807) is 28.0 Å². The smallest absolute Gasteiger partial charge is 0.337 e. The molecule has 0 radical (unpaired) electrons. The molecule has 2 amide bonds. The molecular weight excluding hydrogens is 368 g/mol. The molecule has 1 heterocycles. The quantitative estimate of drug-likeness (QED) is 0.751. The topological polar surface area (TPSA) is 59.1 Å². The van der Waals surface area contributed by atoms with Gasteiger partial charge in [0.15, 0.2) is 0 Å². The highest BCUT2D eigenvalue weighted by molar-refractivity contribution is 6.31. The molecule has 1 saturated heterocycles. The molecule has 6 nitrogen and oxygen atoms in total. The fraction of sp³-hybridized carbons (Fsp3) is 0.300. The van der Waals surface area contributed by atoms with Crippen LogP contribution in [0.15, 0.2) is 48.5 Å². The number of ether oxygens (including phenoxy) is 2. The summed E-state index contributed by atoms with van der Waals surface area (Å²) in [4.78, 5) is 28.2. The van der Waals surface area contributed by atoms with Crippen molar-refractivity contribution in [3.8, 4) is 0 Å². The van der Waals surface area contributed by atoms with Crippen molar-refractivity contribution in [2.75, 3.05) is 38.3 Å². The number of halogens is 1. The van der Waals surface area contributed by atoms with Crippen LogP contribution in [0.25, 0.3) is 0 Å². The minimum atomic E-state index is -0.451. The number of nitrogens with zero attached hydrogens (tertiary/aromatic N) is 2. The number of morpholine rings is 1. The van der Waals surface area contributed by atoms with Gasteiger partial charge in [-0.2, -0.15) is 0 Å². The van der Waals surface area contributed by atoms with Crippen molar-refractivity contribution in [2.45, 2.75) is 6.54 Å². The first-order chi connectivity index (χ1) is 13.1. The summed E-state index contributed by atoms with van der Waals surface area (Å²) in [6, 6.07) is 14.3. The maximum atomic E-state index is 13.1. The van der Waals surface area contributed by atoms with E-state index in [1.165, 1.54) is 7.11 Å². The van der Waals surface area contributed by atoms with Gasteiger partial charge in [-0.15, -0.1) is 0 Å². The first kappa shape index (κ1) is 19.2. The third kappa shape index (κ3) is 4.59.